The molecule has 120 valence electrons. The molecule has 1 aromatic rings. The van der Waals surface area contributed by atoms with E-state index in [1.165, 1.54) is 12.8 Å². The average molecular weight is 305 g/mol. The highest BCUT2D eigenvalue weighted by Crippen LogP contribution is 2.25. The Bertz CT molecular complexity index is 499. The van der Waals surface area contributed by atoms with Gasteiger partial charge in [-0.2, -0.15) is 0 Å². The topological polar surface area (TPSA) is 74.6 Å². The number of nitrogens with zero attached hydrogens (tertiary/aromatic N) is 1. The maximum atomic E-state index is 12.3. The van der Waals surface area contributed by atoms with Crippen molar-refractivity contribution in [2.45, 2.75) is 31.7 Å². The summed E-state index contributed by atoms with van der Waals surface area (Å²) in [5.41, 5.74) is 0. The Balaban J connectivity index is 1.57. The third-order valence-corrected chi connectivity index (χ3v) is 4.56. The van der Waals surface area contributed by atoms with E-state index in [-0.39, 0.29) is 23.8 Å². The fourth-order valence-corrected chi connectivity index (χ4v) is 3.24. The highest BCUT2D eigenvalue weighted by atomic mass is 16.3. The van der Waals surface area contributed by atoms with Crippen molar-refractivity contribution in [3.8, 4) is 0 Å². The third-order valence-electron chi connectivity index (χ3n) is 4.56. The molecular weight excluding hydrogens is 282 g/mol. The van der Waals surface area contributed by atoms with Gasteiger partial charge in [0.1, 0.15) is 5.76 Å². The fraction of sp³-hybridized carbons (Fsp3) is 0.625. The van der Waals surface area contributed by atoms with E-state index in [1.807, 2.05) is 12.1 Å². The van der Waals surface area contributed by atoms with Gasteiger partial charge in [0.05, 0.1) is 18.2 Å². The van der Waals surface area contributed by atoms with Gasteiger partial charge >= 0.3 is 0 Å². The first-order valence-corrected chi connectivity index (χ1v) is 8.06. The van der Waals surface area contributed by atoms with Gasteiger partial charge in [-0.1, -0.05) is 0 Å². The molecule has 0 unspecified atom stereocenters. The second-order valence-electron chi connectivity index (χ2n) is 6.06. The molecule has 2 N–H and O–H groups in total. The highest BCUT2D eigenvalue weighted by molar-refractivity contribution is 5.83. The number of piperidine rings is 1. The molecule has 0 aromatic carbocycles. The number of carbonyl (C=O) groups is 2. The van der Waals surface area contributed by atoms with Crippen molar-refractivity contribution in [3.05, 3.63) is 24.2 Å². The number of hydrogen-bond acceptors (Lipinski definition) is 4. The zero-order chi connectivity index (χ0) is 15.4. The van der Waals surface area contributed by atoms with Crippen molar-refractivity contribution in [3.63, 3.8) is 0 Å². The molecule has 0 aliphatic carbocycles. The Morgan fingerprint density at radius 1 is 1.45 bits per heavy atom. The van der Waals surface area contributed by atoms with E-state index in [1.54, 1.807) is 6.26 Å². The summed E-state index contributed by atoms with van der Waals surface area (Å²) in [7, 11) is 0. The van der Waals surface area contributed by atoms with Gasteiger partial charge in [0.2, 0.25) is 11.8 Å². The van der Waals surface area contributed by atoms with Crippen molar-refractivity contribution >= 4 is 11.8 Å². The van der Waals surface area contributed by atoms with Crippen LogP contribution >= 0.6 is 0 Å². The summed E-state index contributed by atoms with van der Waals surface area (Å²) in [6.07, 6.45) is 5.13. The predicted octanol–water partition coefficient (Wildman–Crippen LogP) is 1.06. The largest absolute Gasteiger partial charge is 0.468 e. The van der Waals surface area contributed by atoms with Crippen molar-refractivity contribution in [2.75, 3.05) is 26.2 Å². The van der Waals surface area contributed by atoms with E-state index in [9.17, 15) is 9.59 Å². The fourth-order valence-electron chi connectivity index (χ4n) is 3.24. The molecular formula is C16H23N3O3. The number of nitrogens with one attached hydrogen (secondary N) is 2. The summed E-state index contributed by atoms with van der Waals surface area (Å²) in [6.45, 7) is 3.08. The van der Waals surface area contributed by atoms with Crippen molar-refractivity contribution in [1.82, 2.24) is 15.5 Å². The van der Waals surface area contributed by atoms with Gasteiger partial charge in [-0.3, -0.25) is 14.5 Å². The van der Waals surface area contributed by atoms with Crippen LogP contribution < -0.4 is 10.6 Å². The van der Waals surface area contributed by atoms with E-state index in [2.05, 4.69) is 15.5 Å². The molecule has 2 aliphatic rings. The standard InChI is InChI=1S/C16H23N3O3/c20-15-6-5-12(10-17-15)16(21)18-11-13(14-4-3-9-22-14)19-7-1-2-8-19/h3-4,9,12-13H,1-2,5-8,10-11H2,(H,17,20)(H,18,21)/t12-,13-/m0/s1. The molecule has 2 fully saturated rings. The van der Waals surface area contributed by atoms with Crippen LogP contribution in [0.15, 0.2) is 22.8 Å². The molecule has 2 atom stereocenters. The summed E-state index contributed by atoms with van der Waals surface area (Å²) >= 11 is 0. The van der Waals surface area contributed by atoms with Crippen LogP contribution in [0.25, 0.3) is 0 Å². The van der Waals surface area contributed by atoms with E-state index in [0.29, 0.717) is 25.9 Å². The van der Waals surface area contributed by atoms with Crippen molar-refractivity contribution < 1.29 is 14.0 Å². The second kappa shape index (κ2) is 6.96. The zero-order valence-electron chi connectivity index (χ0n) is 12.7. The summed E-state index contributed by atoms with van der Waals surface area (Å²) in [6, 6.07) is 3.95. The molecule has 3 heterocycles. The van der Waals surface area contributed by atoms with Crippen LogP contribution in [0.1, 0.15) is 37.5 Å². The Labute approximate surface area is 130 Å². The van der Waals surface area contributed by atoms with Crippen molar-refractivity contribution in [1.29, 1.82) is 0 Å². The van der Waals surface area contributed by atoms with Crippen LogP contribution in [0.4, 0.5) is 0 Å². The van der Waals surface area contributed by atoms with E-state index in [4.69, 9.17) is 4.42 Å². The maximum Gasteiger partial charge on any atom is 0.224 e. The van der Waals surface area contributed by atoms with Crippen LogP contribution in [0.3, 0.4) is 0 Å². The van der Waals surface area contributed by atoms with Crippen LogP contribution in [-0.4, -0.2) is 42.9 Å². The lowest BCUT2D eigenvalue weighted by atomic mass is 9.98. The van der Waals surface area contributed by atoms with Gasteiger partial charge in [-0.25, -0.2) is 0 Å². The number of furan rings is 1. The van der Waals surface area contributed by atoms with Gasteiger partial charge < -0.3 is 15.1 Å². The summed E-state index contributed by atoms with van der Waals surface area (Å²) < 4.78 is 5.55. The van der Waals surface area contributed by atoms with Gasteiger partial charge in [0.25, 0.3) is 0 Å². The minimum atomic E-state index is -0.117. The number of hydrogen-bond donors (Lipinski definition) is 2. The molecule has 1 aromatic heterocycles. The molecule has 2 aliphatic heterocycles. The maximum absolute atomic E-state index is 12.3. The predicted molar refractivity (Wildman–Crippen MR) is 81.0 cm³/mol. The first kappa shape index (κ1) is 15.1. The summed E-state index contributed by atoms with van der Waals surface area (Å²) in [4.78, 5) is 25.8. The molecule has 6 nitrogen and oxygen atoms in total. The molecule has 2 saturated heterocycles. The van der Waals surface area contributed by atoms with Gasteiger partial charge in [-0.05, 0) is 44.5 Å². The summed E-state index contributed by atoms with van der Waals surface area (Å²) in [5, 5.41) is 5.80. The van der Waals surface area contributed by atoms with Crippen LogP contribution in [0.2, 0.25) is 0 Å². The molecule has 0 bridgehead atoms. The monoisotopic (exact) mass is 305 g/mol. The van der Waals surface area contributed by atoms with Crippen LogP contribution in [-0.2, 0) is 9.59 Å². The third kappa shape index (κ3) is 3.50. The molecule has 0 radical (unpaired) electrons. The number of likely N-dealkylation sites (tertiary alicyclic amines) is 1. The zero-order valence-corrected chi connectivity index (χ0v) is 12.7. The molecule has 2 amide bonds. The van der Waals surface area contributed by atoms with E-state index < -0.39 is 0 Å². The lowest BCUT2D eigenvalue weighted by Gasteiger charge is -2.27. The van der Waals surface area contributed by atoms with E-state index >= 15 is 0 Å². The minimum Gasteiger partial charge on any atom is -0.468 e. The Hall–Kier alpha value is -1.82. The Kier molecular flexibility index (Phi) is 4.77. The molecule has 0 spiro atoms. The molecule has 6 heteroatoms. The molecule has 0 saturated carbocycles. The Morgan fingerprint density at radius 3 is 2.91 bits per heavy atom. The van der Waals surface area contributed by atoms with Crippen LogP contribution in [0, 0.1) is 5.92 Å². The normalized spacial score (nSPS) is 24.0. The van der Waals surface area contributed by atoms with Gasteiger partial charge in [0.15, 0.2) is 0 Å². The number of rotatable bonds is 5. The molecule has 22 heavy (non-hydrogen) atoms. The van der Waals surface area contributed by atoms with Gasteiger partial charge in [0, 0.05) is 19.5 Å². The Morgan fingerprint density at radius 2 is 2.27 bits per heavy atom. The quantitative estimate of drug-likeness (QED) is 0.853. The SMILES string of the molecule is O=C1CC[C@H](C(=O)NC[C@@H](c2ccco2)N2CCCC2)CN1. The lowest BCUT2D eigenvalue weighted by molar-refractivity contribution is -0.129. The smallest absolute Gasteiger partial charge is 0.224 e. The highest BCUT2D eigenvalue weighted by Gasteiger charge is 2.28. The summed E-state index contributed by atoms with van der Waals surface area (Å²) in [5.74, 6) is 0.845. The van der Waals surface area contributed by atoms with E-state index in [0.717, 1.165) is 18.8 Å². The average Bonchev–Trinajstić information content (AvgIpc) is 3.22. The molecule has 3 rings (SSSR count). The van der Waals surface area contributed by atoms with Crippen LogP contribution in [0.5, 0.6) is 0 Å². The first-order chi connectivity index (χ1) is 10.7. The van der Waals surface area contributed by atoms with Crippen molar-refractivity contribution in [2.24, 2.45) is 5.92 Å². The first-order valence-electron chi connectivity index (χ1n) is 8.06. The lowest BCUT2D eigenvalue weighted by Crippen LogP contribution is -2.45. The van der Waals surface area contributed by atoms with Gasteiger partial charge in [-0.15, -0.1) is 0 Å². The minimum absolute atomic E-state index is 0.0238. The number of amides is 2. The number of carbonyl (C=O) groups excluding carboxylic acids is 2. The second-order valence-corrected chi connectivity index (χ2v) is 6.06.